The molecule has 0 amide bonds. The van der Waals surface area contributed by atoms with E-state index >= 15 is 8.78 Å². The number of halogens is 2. The topological polar surface area (TPSA) is 55.8 Å². The number of carboxylic acid groups (broad SMARTS) is 1. The van der Waals surface area contributed by atoms with Crippen LogP contribution >= 0.6 is 0 Å². The molecule has 3 aromatic carbocycles. The Labute approximate surface area is 236 Å². The van der Waals surface area contributed by atoms with Crippen molar-refractivity contribution in [3.05, 3.63) is 82.9 Å². The largest absolute Gasteiger partial charge is 0.497 e. The van der Waals surface area contributed by atoms with E-state index in [9.17, 15) is 9.90 Å². The second-order valence-electron chi connectivity index (χ2n) is 11.6. The van der Waals surface area contributed by atoms with Crippen molar-refractivity contribution >= 4 is 5.97 Å². The average Bonchev–Trinajstić information content (AvgIpc) is 2.92. The predicted molar refractivity (Wildman–Crippen MR) is 154 cm³/mol. The Balaban J connectivity index is 1.68. The third-order valence-corrected chi connectivity index (χ3v) is 8.35. The third kappa shape index (κ3) is 6.65. The van der Waals surface area contributed by atoms with Gasteiger partial charge in [0.05, 0.1) is 13.5 Å². The van der Waals surface area contributed by atoms with Crippen molar-refractivity contribution in [3.63, 3.8) is 0 Å². The molecule has 2 atom stereocenters. The highest BCUT2D eigenvalue weighted by molar-refractivity contribution is 5.71. The van der Waals surface area contributed by atoms with Crippen LogP contribution in [0.2, 0.25) is 0 Å². The van der Waals surface area contributed by atoms with E-state index in [1.807, 2.05) is 19.1 Å². The number of aliphatic carboxylic acids is 1. The fourth-order valence-corrected chi connectivity index (χ4v) is 6.19. The van der Waals surface area contributed by atoms with Crippen molar-refractivity contribution in [1.29, 1.82) is 0 Å². The minimum atomic E-state index is -0.949. The highest BCUT2D eigenvalue weighted by atomic mass is 19.1. The van der Waals surface area contributed by atoms with Gasteiger partial charge in [-0.1, -0.05) is 70.4 Å². The van der Waals surface area contributed by atoms with Gasteiger partial charge >= 0.3 is 5.97 Å². The van der Waals surface area contributed by atoms with Crippen LogP contribution in [0.15, 0.2) is 54.6 Å². The monoisotopic (exact) mass is 550 g/mol. The highest BCUT2D eigenvalue weighted by Gasteiger charge is 2.35. The number of ether oxygens (including phenoxy) is 2. The van der Waals surface area contributed by atoms with Crippen LogP contribution in [0.3, 0.4) is 0 Å². The van der Waals surface area contributed by atoms with Gasteiger partial charge in [0, 0.05) is 5.56 Å². The zero-order valence-electron chi connectivity index (χ0n) is 23.9. The van der Waals surface area contributed by atoms with Crippen LogP contribution < -0.4 is 9.47 Å². The maximum Gasteiger partial charge on any atom is 0.303 e. The molecule has 0 aromatic heterocycles. The molecule has 1 fully saturated rings. The molecular weight excluding hydrogens is 510 g/mol. The number of carboxylic acids is 1. The van der Waals surface area contributed by atoms with Gasteiger partial charge in [0.15, 0.2) is 11.6 Å². The average molecular weight is 551 g/mol. The summed E-state index contributed by atoms with van der Waals surface area (Å²) in [6, 6.07) is 15.7. The normalized spacial score (nSPS) is 17.3. The molecule has 0 radical (unpaired) electrons. The van der Waals surface area contributed by atoms with Crippen LogP contribution in [0.5, 0.6) is 11.5 Å². The van der Waals surface area contributed by atoms with Crippen LogP contribution in [0.25, 0.3) is 11.1 Å². The second-order valence-corrected chi connectivity index (χ2v) is 11.6. The van der Waals surface area contributed by atoms with Crippen LogP contribution in [0, 0.1) is 17.0 Å². The van der Waals surface area contributed by atoms with Crippen LogP contribution in [-0.4, -0.2) is 18.2 Å². The van der Waals surface area contributed by atoms with Crippen LogP contribution in [-0.2, 0) is 11.4 Å². The van der Waals surface area contributed by atoms with Crippen LogP contribution in [0.1, 0.15) is 94.2 Å². The molecule has 0 unspecified atom stereocenters. The first kappa shape index (κ1) is 29.6. The fourth-order valence-electron chi connectivity index (χ4n) is 6.19. The van der Waals surface area contributed by atoms with E-state index in [1.54, 1.807) is 37.4 Å². The molecule has 1 aliphatic rings. The molecular formula is C34H40F2O4. The molecule has 3 aromatic rings. The molecule has 0 bridgehead atoms. The lowest BCUT2D eigenvalue weighted by Crippen LogP contribution is -2.26. The lowest BCUT2D eigenvalue weighted by Gasteiger charge is -2.40. The first-order valence-electron chi connectivity index (χ1n) is 14.2. The minimum absolute atomic E-state index is 0.0424. The van der Waals surface area contributed by atoms with E-state index in [2.05, 4.69) is 19.9 Å². The number of hydrogen-bond donors (Lipinski definition) is 1. The first-order chi connectivity index (χ1) is 19.1. The molecule has 4 rings (SSSR count). The number of hydrogen-bond acceptors (Lipinski definition) is 3. The Morgan fingerprint density at radius 1 is 1.07 bits per heavy atom. The summed E-state index contributed by atoms with van der Waals surface area (Å²) in [4.78, 5) is 11.4. The number of methoxy groups -OCH3 is 1. The minimum Gasteiger partial charge on any atom is -0.497 e. The van der Waals surface area contributed by atoms with Gasteiger partial charge in [-0.25, -0.2) is 8.78 Å². The molecule has 0 heterocycles. The van der Waals surface area contributed by atoms with Gasteiger partial charge in [-0.3, -0.25) is 4.79 Å². The highest BCUT2D eigenvalue weighted by Crippen LogP contribution is 2.49. The quantitative estimate of drug-likeness (QED) is 0.258. The number of rotatable bonds is 11. The molecule has 0 saturated heterocycles. The summed E-state index contributed by atoms with van der Waals surface area (Å²) >= 11 is 0. The Morgan fingerprint density at radius 3 is 2.58 bits per heavy atom. The first-order valence-corrected chi connectivity index (χ1v) is 14.2. The summed E-state index contributed by atoms with van der Waals surface area (Å²) in [5.74, 6) is -1.25. The third-order valence-electron chi connectivity index (χ3n) is 8.35. The summed E-state index contributed by atoms with van der Waals surface area (Å²) in [6.07, 6.45) is 5.59. The summed E-state index contributed by atoms with van der Waals surface area (Å²) in [7, 11) is 1.57. The van der Waals surface area contributed by atoms with Gasteiger partial charge in [-0.15, -0.1) is 0 Å². The fraction of sp³-hybridized carbons (Fsp3) is 0.441. The van der Waals surface area contributed by atoms with Gasteiger partial charge in [0.25, 0.3) is 0 Å². The molecule has 40 heavy (non-hydrogen) atoms. The molecule has 0 aliphatic heterocycles. The number of benzene rings is 3. The van der Waals surface area contributed by atoms with E-state index in [-0.39, 0.29) is 35.9 Å². The van der Waals surface area contributed by atoms with Crippen molar-refractivity contribution in [2.24, 2.45) is 5.41 Å². The molecule has 6 heteroatoms. The standard InChI is InChI=1S/C34H40F2O4/c1-5-9-23(19-32(37)38)25-10-8-12-31(33(25)36)40-21-22-13-15-26(28-20-24(39-4)14-16-30(28)35)27(18-22)29-11-6-7-17-34(29,2)3/h8,10,12-16,18,20,23,29H,5-7,9,11,17,19,21H2,1-4H3,(H,37,38)/t23-,29+/m0/s1. The van der Waals surface area contributed by atoms with Crippen molar-refractivity contribution in [2.45, 2.75) is 84.2 Å². The van der Waals surface area contributed by atoms with Gasteiger partial charge < -0.3 is 14.6 Å². The molecule has 214 valence electrons. The van der Waals surface area contributed by atoms with E-state index < -0.39 is 17.7 Å². The Bertz CT molecular complexity index is 1330. The van der Waals surface area contributed by atoms with Gasteiger partial charge in [-0.2, -0.15) is 0 Å². The van der Waals surface area contributed by atoms with Crippen molar-refractivity contribution in [2.75, 3.05) is 7.11 Å². The van der Waals surface area contributed by atoms with Gasteiger partial charge in [-0.05, 0) is 83.0 Å². The zero-order valence-corrected chi connectivity index (χ0v) is 23.9. The van der Waals surface area contributed by atoms with Gasteiger partial charge in [0.2, 0.25) is 0 Å². The maximum absolute atomic E-state index is 15.5. The molecule has 1 aliphatic carbocycles. The summed E-state index contributed by atoms with van der Waals surface area (Å²) < 4.78 is 42.0. The van der Waals surface area contributed by atoms with Crippen molar-refractivity contribution < 1.29 is 28.2 Å². The zero-order chi connectivity index (χ0) is 28.9. The lowest BCUT2D eigenvalue weighted by atomic mass is 9.65. The number of carbonyl (C=O) groups is 1. The molecule has 1 saturated carbocycles. The van der Waals surface area contributed by atoms with E-state index in [4.69, 9.17) is 9.47 Å². The van der Waals surface area contributed by atoms with E-state index in [0.717, 1.165) is 42.4 Å². The molecule has 4 nitrogen and oxygen atoms in total. The van der Waals surface area contributed by atoms with Gasteiger partial charge in [0.1, 0.15) is 18.2 Å². The molecule has 1 N–H and O–H groups in total. The molecule has 0 spiro atoms. The summed E-state index contributed by atoms with van der Waals surface area (Å²) in [5, 5.41) is 9.32. The summed E-state index contributed by atoms with van der Waals surface area (Å²) in [6.45, 7) is 6.64. The lowest BCUT2D eigenvalue weighted by molar-refractivity contribution is -0.137. The van der Waals surface area contributed by atoms with E-state index in [1.165, 1.54) is 12.5 Å². The Morgan fingerprint density at radius 2 is 1.88 bits per heavy atom. The SMILES string of the molecule is CCC[C@@H](CC(=O)O)c1cccc(OCc2ccc(-c3cc(OC)ccc3F)c([C@H]3CCCCC3(C)C)c2)c1F. The Hall–Kier alpha value is -3.41. The summed E-state index contributed by atoms with van der Waals surface area (Å²) in [5.41, 5.74) is 3.68. The van der Waals surface area contributed by atoms with Crippen molar-refractivity contribution in [3.8, 4) is 22.6 Å². The maximum atomic E-state index is 15.5. The van der Waals surface area contributed by atoms with Crippen molar-refractivity contribution in [1.82, 2.24) is 0 Å². The van der Waals surface area contributed by atoms with Crippen LogP contribution in [0.4, 0.5) is 8.78 Å². The van der Waals surface area contributed by atoms with E-state index in [0.29, 0.717) is 23.3 Å². The Kier molecular flexibility index (Phi) is 9.49. The second kappa shape index (κ2) is 12.8. The predicted octanol–water partition coefficient (Wildman–Crippen LogP) is 9.26. The smallest absolute Gasteiger partial charge is 0.303 e.